The van der Waals surface area contributed by atoms with Crippen molar-refractivity contribution in [1.82, 2.24) is 24.5 Å². The number of nitrogens with one attached hydrogen (secondary N) is 1. The number of hydrogen-bond acceptors (Lipinski definition) is 8. The summed E-state index contributed by atoms with van der Waals surface area (Å²) in [5.41, 5.74) is 11.8. The number of likely N-dealkylation sites (tertiary alicyclic amines) is 1. The van der Waals surface area contributed by atoms with Gasteiger partial charge < -0.3 is 21.1 Å². The first-order valence-corrected chi connectivity index (χ1v) is 13.1. The fraction of sp³-hybridized carbons (Fsp3) is 0.310. The van der Waals surface area contributed by atoms with Gasteiger partial charge in [-0.25, -0.2) is 4.98 Å². The van der Waals surface area contributed by atoms with Gasteiger partial charge in [-0.05, 0) is 44.9 Å². The van der Waals surface area contributed by atoms with Crippen LogP contribution in [0.2, 0.25) is 0 Å². The van der Waals surface area contributed by atoms with Crippen molar-refractivity contribution in [2.45, 2.75) is 45.6 Å². The van der Waals surface area contributed by atoms with Crippen LogP contribution in [0.3, 0.4) is 0 Å². The Kier molecular flexibility index (Phi) is 7.31. The quantitative estimate of drug-likeness (QED) is 0.314. The third kappa shape index (κ3) is 5.15. The van der Waals surface area contributed by atoms with Gasteiger partial charge in [0.05, 0.1) is 23.1 Å². The molecule has 2 amide bonds. The van der Waals surface area contributed by atoms with Crippen molar-refractivity contribution in [3.63, 3.8) is 0 Å². The number of aliphatic hydroxyl groups excluding tert-OH is 1. The molecule has 11 heteroatoms. The minimum atomic E-state index is -1.05. The van der Waals surface area contributed by atoms with E-state index in [-0.39, 0.29) is 29.3 Å². The van der Waals surface area contributed by atoms with Crippen LogP contribution in [0.5, 0.6) is 0 Å². The second-order valence-corrected chi connectivity index (χ2v) is 10.1. The number of aliphatic hydroxyl groups is 1. The second kappa shape index (κ2) is 10.9. The highest BCUT2D eigenvalue weighted by Crippen LogP contribution is 2.35. The first kappa shape index (κ1) is 26.9. The summed E-state index contributed by atoms with van der Waals surface area (Å²) in [5.74, 6) is -0.478. The van der Waals surface area contributed by atoms with Gasteiger partial charge in [-0.2, -0.15) is 9.61 Å². The summed E-state index contributed by atoms with van der Waals surface area (Å²) in [7, 11) is 0. The molecule has 0 bridgehead atoms. The molecule has 1 aliphatic heterocycles. The number of carbonyl (C=O) groups is 3. The number of rotatable bonds is 6. The standard InChI is InChI=1S/C29H31N7O4/c1-16(37)25-26(20-10-12-35(13-11-20)29(40)17(2)38)34-28-23(15-32-36(28)27(25)30)21-6-9-24(31-14-21)19-4-7-22(8-5-19)33-18(3)39/h4-9,14-15,17,20,38H,10-13,30H2,1-3H3,(H,33,39)/t17-/m1/s1. The van der Waals surface area contributed by atoms with Crippen LogP contribution in [0.15, 0.2) is 48.8 Å². The van der Waals surface area contributed by atoms with E-state index < -0.39 is 6.10 Å². The molecule has 11 nitrogen and oxygen atoms in total. The third-order valence-electron chi connectivity index (χ3n) is 7.19. The molecule has 0 unspecified atom stereocenters. The van der Waals surface area contributed by atoms with E-state index in [2.05, 4.69) is 15.4 Å². The van der Waals surface area contributed by atoms with Gasteiger partial charge in [-0.1, -0.05) is 18.2 Å². The number of nitrogen functional groups attached to an aromatic ring is 1. The number of benzene rings is 1. The maximum atomic E-state index is 12.7. The number of amides is 2. The maximum absolute atomic E-state index is 12.7. The number of Topliss-reactive ketones (excluding diaryl/α,β-unsaturated/α-hetero) is 1. The lowest BCUT2D eigenvalue weighted by Gasteiger charge is -2.33. The van der Waals surface area contributed by atoms with Crippen LogP contribution in [-0.4, -0.2) is 66.4 Å². The first-order chi connectivity index (χ1) is 19.1. The lowest BCUT2D eigenvalue weighted by atomic mass is 9.89. The van der Waals surface area contributed by atoms with Gasteiger partial charge in [0.1, 0.15) is 11.9 Å². The van der Waals surface area contributed by atoms with E-state index in [0.29, 0.717) is 48.5 Å². The zero-order chi connectivity index (χ0) is 28.6. The van der Waals surface area contributed by atoms with Crippen LogP contribution in [0.4, 0.5) is 11.5 Å². The number of aromatic nitrogens is 4. The highest BCUT2D eigenvalue weighted by Gasteiger charge is 2.31. The van der Waals surface area contributed by atoms with E-state index in [1.54, 1.807) is 17.3 Å². The number of anilines is 2. The second-order valence-electron chi connectivity index (χ2n) is 10.1. The van der Waals surface area contributed by atoms with E-state index in [1.165, 1.54) is 25.3 Å². The molecule has 5 rings (SSSR count). The van der Waals surface area contributed by atoms with E-state index in [1.807, 2.05) is 36.4 Å². The lowest BCUT2D eigenvalue weighted by Crippen LogP contribution is -2.42. The van der Waals surface area contributed by atoms with Gasteiger partial charge in [0, 0.05) is 54.5 Å². The minimum absolute atomic E-state index is 0.0760. The molecule has 4 aromatic rings. The monoisotopic (exact) mass is 541 g/mol. The first-order valence-electron chi connectivity index (χ1n) is 13.1. The molecule has 4 N–H and O–H groups in total. The van der Waals surface area contributed by atoms with Crippen molar-refractivity contribution in [2.75, 3.05) is 24.1 Å². The van der Waals surface area contributed by atoms with Gasteiger partial charge in [0.25, 0.3) is 5.91 Å². The van der Waals surface area contributed by atoms with Gasteiger partial charge in [0.15, 0.2) is 11.4 Å². The number of nitrogens with two attached hydrogens (primary N) is 1. The maximum Gasteiger partial charge on any atom is 0.251 e. The predicted octanol–water partition coefficient (Wildman–Crippen LogP) is 3.29. The molecule has 1 aliphatic rings. The van der Waals surface area contributed by atoms with Crippen LogP contribution in [0.1, 0.15) is 55.6 Å². The SMILES string of the molecule is CC(=O)Nc1ccc(-c2ccc(-c3cnn4c(N)c(C(C)=O)c(C5CCN(C(=O)[C@@H](C)O)CC5)nc34)cn2)cc1. The Balaban J connectivity index is 1.46. The highest BCUT2D eigenvalue weighted by atomic mass is 16.3. The van der Waals surface area contributed by atoms with Crippen LogP contribution in [0, 0.1) is 0 Å². The molecule has 1 saturated heterocycles. The molecule has 1 atom stereocenters. The molecular weight excluding hydrogens is 510 g/mol. The smallest absolute Gasteiger partial charge is 0.251 e. The van der Waals surface area contributed by atoms with Crippen LogP contribution < -0.4 is 11.1 Å². The number of ketones is 1. The highest BCUT2D eigenvalue weighted by molar-refractivity contribution is 6.00. The van der Waals surface area contributed by atoms with E-state index in [0.717, 1.165) is 22.4 Å². The number of carbonyl (C=O) groups excluding carboxylic acids is 3. The van der Waals surface area contributed by atoms with Gasteiger partial charge in [-0.3, -0.25) is 19.4 Å². The molecule has 3 aromatic heterocycles. The molecular formula is C29H31N7O4. The van der Waals surface area contributed by atoms with E-state index >= 15 is 0 Å². The molecule has 206 valence electrons. The summed E-state index contributed by atoms with van der Waals surface area (Å²) in [6.07, 6.45) is 3.55. The van der Waals surface area contributed by atoms with Crippen molar-refractivity contribution in [2.24, 2.45) is 0 Å². The number of pyridine rings is 1. The molecule has 0 aliphatic carbocycles. The zero-order valence-corrected chi connectivity index (χ0v) is 22.6. The van der Waals surface area contributed by atoms with E-state index in [4.69, 9.17) is 10.7 Å². The Morgan fingerprint density at radius 1 is 1.02 bits per heavy atom. The van der Waals surface area contributed by atoms with Crippen molar-refractivity contribution in [1.29, 1.82) is 0 Å². The number of fused-ring (bicyclic) bond motifs is 1. The summed E-state index contributed by atoms with van der Waals surface area (Å²) in [5, 5.41) is 16.8. The van der Waals surface area contributed by atoms with Crippen LogP contribution >= 0.6 is 0 Å². The Labute approximate surface area is 231 Å². The summed E-state index contributed by atoms with van der Waals surface area (Å²) in [6.45, 7) is 5.31. The summed E-state index contributed by atoms with van der Waals surface area (Å²) in [6, 6.07) is 11.3. The molecule has 4 heterocycles. The fourth-order valence-electron chi connectivity index (χ4n) is 5.18. The van der Waals surface area contributed by atoms with Gasteiger partial charge >= 0.3 is 0 Å². The normalized spacial score (nSPS) is 14.8. The molecule has 0 spiro atoms. The van der Waals surface area contributed by atoms with Gasteiger partial charge in [0.2, 0.25) is 5.91 Å². The number of piperidine rings is 1. The minimum Gasteiger partial charge on any atom is -0.384 e. The molecule has 1 fully saturated rings. The lowest BCUT2D eigenvalue weighted by molar-refractivity contribution is -0.140. The molecule has 1 aromatic carbocycles. The molecule has 0 saturated carbocycles. The Morgan fingerprint density at radius 2 is 1.70 bits per heavy atom. The Hall–Kier alpha value is -4.64. The van der Waals surface area contributed by atoms with Crippen molar-refractivity contribution in [3.05, 3.63) is 60.0 Å². The summed E-state index contributed by atoms with van der Waals surface area (Å²) < 4.78 is 1.48. The van der Waals surface area contributed by atoms with Crippen LogP contribution in [-0.2, 0) is 9.59 Å². The average molecular weight is 542 g/mol. The van der Waals surface area contributed by atoms with Crippen molar-refractivity contribution >= 4 is 34.8 Å². The van der Waals surface area contributed by atoms with Crippen LogP contribution in [0.25, 0.3) is 28.0 Å². The topological polar surface area (TPSA) is 156 Å². The Bertz CT molecular complexity index is 1590. The predicted molar refractivity (Wildman–Crippen MR) is 151 cm³/mol. The van der Waals surface area contributed by atoms with Gasteiger partial charge in [-0.15, -0.1) is 0 Å². The zero-order valence-electron chi connectivity index (χ0n) is 22.6. The largest absolute Gasteiger partial charge is 0.384 e. The third-order valence-corrected chi connectivity index (χ3v) is 7.19. The van der Waals surface area contributed by atoms with E-state index in [9.17, 15) is 19.5 Å². The fourth-order valence-corrected chi connectivity index (χ4v) is 5.18. The number of nitrogens with zero attached hydrogens (tertiary/aromatic N) is 5. The molecule has 40 heavy (non-hydrogen) atoms. The number of hydrogen-bond donors (Lipinski definition) is 3. The Morgan fingerprint density at radius 3 is 2.27 bits per heavy atom. The summed E-state index contributed by atoms with van der Waals surface area (Å²) >= 11 is 0. The molecule has 0 radical (unpaired) electrons. The van der Waals surface area contributed by atoms with Crippen molar-refractivity contribution < 1.29 is 19.5 Å². The average Bonchev–Trinajstić information content (AvgIpc) is 3.37. The van der Waals surface area contributed by atoms with Crippen molar-refractivity contribution in [3.8, 4) is 22.4 Å². The summed E-state index contributed by atoms with van der Waals surface area (Å²) in [4.78, 5) is 47.4.